The van der Waals surface area contributed by atoms with E-state index in [1.54, 1.807) is 0 Å². The van der Waals surface area contributed by atoms with Crippen molar-refractivity contribution in [3.05, 3.63) is 27.3 Å². The van der Waals surface area contributed by atoms with Crippen LogP contribution in [0.15, 0.2) is 18.2 Å². The number of nitrogen functional groups attached to an aromatic ring is 1. The van der Waals surface area contributed by atoms with Crippen molar-refractivity contribution in [3.63, 3.8) is 0 Å². The summed E-state index contributed by atoms with van der Waals surface area (Å²) in [6.07, 6.45) is 0. The van der Waals surface area contributed by atoms with Crippen LogP contribution in [0.3, 0.4) is 0 Å². The fourth-order valence-electron chi connectivity index (χ4n) is 0.679. The zero-order chi connectivity index (χ0) is 7.56. The van der Waals surface area contributed by atoms with E-state index in [0.717, 1.165) is 11.3 Å². The van der Waals surface area contributed by atoms with E-state index in [0.29, 0.717) is 0 Å². The molecular formula is C7H10IN2-. The first-order valence-corrected chi connectivity index (χ1v) is 5.26. The third kappa shape index (κ3) is 1.60. The van der Waals surface area contributed by atoms with E-state index in [2.05, 4.69) is 0 Å². The van der Waals surface area contributed by atoms with E-state index in [9.17, 15) is 0 Å². The summed E-state index contributed by atoms with van der Waals surface area (Å²) in [5.74, 6) is 0. The van der Waals surface area contributed by atoms with Crippen LogP contribution in [-0.4, -0.2) is 0 Å². The normalized spacial score (nSPS) is 10.2. The number of rotatable bonds is 1. The van der Waals surface area contributed by atoms with Crippen LogP contribution in [0.25, 0.3) is 0 Å². The van der Waals surface area contributed by atoms with Gasteiger partial charge in [-0.15, -0.1) is 0 Å². The second-order valence-corrected chi connectivity index (χ2v) is 3.98. The van der Waals surface area contributed by atoms with Gasteiger partial charge in [-0.05, 0) is 0 Å². The molecule has 0 unspecified atom stereocenters. The molecule has 1 aromatic rings. The molecule has 0 amide bonds. The Labute approximate surface area is 71.2 Å². The van der Waals surface area contributed by atoms with Gasteiger partial charge in [-0.3, -0.25) is 0 Å². The summed E-state index contributed by atoms with van der Waals surface area (Å²) in [7, 11) is 0. The number of halogens is 1. The molecule has 1 aromatic carbocycles. The summed E-state index contributed by atoms with van der Waals surface area (Å²) in [4.78, 5) is 0. The van der Waals surface area contributed by atoms with Crippen molar-refractivity contribution in [1.82, 2.24) is 0 Å². The Kier molecular flexibility index (Phi) is 2.50. The van der Waals surface area contributed by atoms with Gasteiger partial charge in [0.05, 0.1) is 0 Å². The fourth-order valence-corrected chi connectivity index (χ4v) is 1.58. The first-order chi connectivity index (χ1) is 4.74. The van der Waals surface area contributed by atoms with Crippen LogP contribution in [-0.2, 0) is 0 Å². The standard InChI is InChI=1S/C7H10IN2/c1-5-2-3-6(8-10)4-7(5)9/h2-4H,9-10H2,1H3/q-1. The molecule has 4 N–H and O–H groups in total. The van der Waals surface area contributed by atoms with Crippen molar-refractivity contribution in [1.29, 1.82) is 0 Å². The SMILES string of the molecule is Cc1ccc([I-]N)cc1N. The minimum absolute atomic E-state index is 0.300. The van der Waals surface area contributed by atoms with Gasteiger partial charge in [0.25, 0.3) is 0 Å². The van der Waals surface area contributed by atoms with Crippen LogP contribution in [0.1, 0.15) is 5.56 Å². The first-order valence-electron chi connectivity index (χ1n) is 2.93. The number of hydrogen-bond donors (Lipinski definition) is 2. The first kappa shape index (κ1) is 7.81. The van der Waals surface area contributed by atoms with Crippen LogP contribution < -0.4 is 31.2 Å². The van der Waals surface area contributed by atoms with E-state index >= 15 is 0 Å². The van der Waals surface area contributed by atoms with Crippen molar-refractivity contribution in [2.45, 2.75) is 6.92 Å². The monoisotopic (exact) mass is 249 g/mol. The van der Waals surface area contributed by atoms with Gasteiger partial charge in [0.15, 0.2) is 0 Å². The van der Waals surface area contributed by atoms with Gasteiger partial charge < -0.3 is 0 Å². The molecule has 0 radical (unpaired) electrons. The molecule has 0 aliphatic rings. The topological polar surface area (TPSA) is 52.0 Å². The van der Waals surface area contributed by atoms with Crippen molar-refractivity contribution in [2.24, 2.45) is 3.95 Å². The average molecular weight is 249 g/mol. The Hall–Kier alpha value is -0.290. The predicted octanol–water partition coefficient (Wildman–Crippen LogP) is -2.29. The molecule has 1 rings (SSSR count). The molecule has 10 heavy (non-hydrogen) atoms. The minimum atomic E-state index is -0.300. The number of aryl methyl sites for hydroxylation is 1. The van der Waals surface area contributed by atoms with Gasteiger partial charge in [0.2, 0.25) is 0 Å². The summed E-state index contributed by atoms with van der Waals surface area (Å²) in [5, 5.41) is 0. The molecule has 0 aliphatic carbocycles. The number of hydrogen-bond acceptors (Lipinski definition) is 2. The molecule has 0 heterocycles. The Morgan fingerprint density at radius 1 is 1.40 bits per heavy atom. The van der Waals surface area contributed by atoms with Crippen molar-refractivity contribution in [2.75, 3.05) is 5.73 Å². The van der Waals surface area contributed by atoms with Crippen LogP contribution in [0.4, 0.5) is 5.69 Å². The molecule has 3 heteroatoms. The average Bonchev–Trinajstić information content (AvgIpc) is 1.95. The molecule has 56 valence electrons. The number of nitrogens with two attached hydrogens (primary N) is 2. The molecule has 0 saturated carbocycles. The Morgan fingerprint density at radius 3 is 2.60 bits per heavy atom. The number of anilines is 1. The van der Waals surface area contributed by atoms with Crippen LogP contribution in [0.2, 0.25) is 0 Å². The van der Waals surface area contributed by atoms with E-state index in [-0.39, 0.29) is 21.5 Å². The van der Waals surface area contributed by atoms with Gasteiger partial charge in [0, 0.05) is 0 Å². The molecule has 0 fully saturated rings. The third-order valence-corrected chi connectivity index (χ3v) is 2.76. The van der Waals surface area contributed by atoms with Crippen LogP contribution >= 0.6 is 0 Å². The van der Waals surface area contributed by atoms with Crippen LogP contribution in [0, 0.1) is 10.5 Å². The maximum absolute atomic E-state index is 5.66. The molecule has 0 bridgehead atoms. The van der Waals surface area contributed by atoms with Gasteiger partial charge in [-0.1, -0.05) is 0 Å². The zero-order valence-corrected chi connectivity index (χ0v) is 7.92. The van der Waals surface area contributed by atoms with Gasteiger partial charge >= 0.3 is 71.1 Å². The molecule has 0 aromatic heterocycles. The summed E-state index contributed by atoms with van der Waals surface area (Å²) in [6, 6.07) is 6.01. The van der Waals surface area contributed by atoms with E-state index in [1.165, 1.54) is 3.57 Å². The van der Waals surface area contributed by atoms with Crippen molar-refractivity contribution >= 4 is 5.69 Å². The van der Waals surface area contributed by atoms with E-state index in [4.69, 9.17) is 9.68 Å². The van der Waals surface area contributed by atoms with Crippen LogP contribution in [0.5, 0.6) is 0 Å². The fraction of sp³-hybridized carbons (Fsp3) is 0.143. The summed E-state index contributed by atoms with van der Waals surface area (Å²) in [5.41, 5.74) is 7.63. The van der Waals surface area contributed by atoms with E-state index in [1.807, 2.05) is 25.1 Å². The van der Waals surface area contributed by atoms with Gasteiger partial charge in [-0.25, -0.2) is 0 Å². The Bertz CT molecular complexity index is 235. The van der Waals surface area contributed by atoms with Crippen molar-refractivity contribution < 1.29 is 21.5 Å². The van der Waals surface area contributed by atoms with E-state index < -0.39 is 0 Å². The Balaban J connectivity index is 3.04. The predicted molar refractivity (Wildman–Crippen MR) is 38.5 cm³/mol. The summed E-state index contributed by atoms with van der Waals surface area (Å²) < 4.78 is 6.72. The summed E-state index contributed by atoms with van der Waals surface area (Å²) >= 11 is -0.300. The maximum atomic E-state index is 5.66. The summed E-state index contributed by atoms with van der Waals surface area (Å²) in [6.45, 7) is 1.99. The second kappa shape index (κ2) is 3.21. The quantitative estimate of drug-likeness (QED) is 0.334. The molecule has 2 nitrogen and oxygen atoms in total. The molecule has 0 atom stereocenters. The Morgan fingerprint density at radius 2 is 2.10 bits per heavy atom. The van der Waals surface area contributed by atoms with Gasteiger partial charge in [-0.2, -0.15) is 0 Å². The molecule has 0 spiro atoms. The molecule has 0 aliphatic heterocycles. The third-order valence-electron chi connectivity index (χ3n) is 1.37. The van der Waals surface area contributed by atoms with Crippen molar-refractivity contribution in [3.8, 4) is 0 Å². The number of benzene rings is 1. The second-order valence-electron chi connectivity index (χ2n) is 2.11. The zero-order valence-electron chi connectivity index (χ0n) is 5.76. The molecule has 0 saturated heterocycles. The molecular weight excluding hydrogens is 239 g/mol. The van der Waals surface area contributed by atoms with Gasteiger partial charge in [0.1, 0.15) is 0 Å².